The standard InChI is InChI=1S/C20H23N5OS/c1-14-10-11-18(12-15(14)2)25-20(21-22-23-25)27-16(3)19(26)24(4)13-17-8-6-5-7-9-17/h5-12,16H,13H2,1-4H3/t16-/m0/s1. The monoisotopic (exact) mass is 381 g/mol. The van der Waals surface area contributed by atoms with Crippen molar-refractivity contribution in [1.29, 1.82) is 0 Å². The van der Waals surface area contributed by atoms with E-state index >= 15 is 0 Å². The Morgan fingerprint density at radius 2 is 1.89 bits per heavy atom. The zero-order valence-corrected chi connectivity index (χ0v) is 16.8. The summed E-state index contributed by atoms with van der Waals surface area (Å²) in [6, 6.07) is 16.0. The summed E-state index contributed by atoms with van der Waals surface area (Å²) >= 11 is 1.36. The van der Waals surface area contributed by atoms with Crippen LogP contribution in [0.1, 0.15) is 23.6 Å². The smallest absolute Gasteiger partial charge is 0.235 e. The average Bonchev–Trinajstić information content (AvgIpc) is 3.12. The van der Waals surface area contributed by atoms with Crippen molar-refractivity contribution in [2.45, 2.75) is 37.7 Å². The Morgan fingerprint density at radius 3 is 2.59 bits per heavy atom. The van der Waals surface area contributed by atoms with Crippen molar-refractivity contribution in [1.82, 2.24) is 25.1 Å². The number of hydrogen-bond donors (Lipinski definition) is 0. The molecule has 140 valence electrons. The third-order valence-electron chi connectivity index (χ3n) is 4.44. The highest BCUT2D eigenvalue weighted by Gasteiger charge is 2.22. The summed E-state index contributed by atoms with van der Waals surface area (Å²) in [5.41, 5.74) is 4.38. The minimum Gasteiger partial charge on any atom is -0.340 e. The molecule has 0 fully saturated rings. The van der Waals surface area contributed by atoms with Gasteiger partial charge < -0.3 is 4.90 Å². The van der Waals surface area contributed by atoms with Gasteiger partial charge in [-0.2, -0.15) is 4.68 Å². The van der Waals surface area contributed by atoms with Crippen molar-refractivity contribution in [2.75, 3.05) is 7.05 Å². The summed E-state index contributed by atoms with van der Waals surface area (Å²) in [6.07, 6.45) is 0. The Labute approximate surface area is 163 Å². The fourth-order valence-electron chi connectivity index (χ4n) is 2.73. The minimum atomic E-state index is -0.296. The predicted molar refractivity (Wildman–Crippen MR) is 107 cm³/mol. The molecule has 0 saturated heterocycles. The molecule has 0 aliphatic heterocycles. The molecule has 0 N–H and O–H groups in total. The van der Waals surface area contributed by atoms with Gasteiger partial charge in [0.05, 0.1) is 10.9 Å². The molecule has 1 amide bonds. The SMILES string of the molecule is Cc1ccc(-n2nnnc2S[C@@H](C)C(=O)N(C)Cc2ccccc2)cc1C. The van der Waals surface area contributed by atoms with Gasteiger partial charge in [-0.1, -0.05) is 48.2 Å². The highest BCUT2D eigenvalue weighted by molar-refractivity contribution is 8.00. The Balaban J connectivity index is 1.71. The number of nitrogens with zero attached hydrogens (tertiary/aromatic N) is 5. The molecule has 0 aliphatic carbocycles. The molecule has 2 aromatic carbocycles. The number of carbonyl (C=O) groups excluding carboxylic acids is 1. The predicted octanol–water partition coefficient (Wildman–Crippen LogP) is 3.42. The van der Waals surface area contributed by atoms with Gasteiger partial charge in [0.25, 0.3) is 0 Å². The molecule has 1 aromatic heterocycles. The van der Waals surface area contributed by atoms with Crippen LogP contribution in [-0.2, 0) is 11.3 Å². The highest BCUT2D eigenvalue weighted by atomic mass is 32.2. The van der Waals surface area contributed by atoms with Crippen LogP contribution >= 0.6 is 11.8 Å². The highest BCUT2D eigenvalue weighted by Crippen LogP contribution is 2.25. The molecule has 0 bridgehead atoms. The zero-order chi connectivity index (χ0) is 19.4. The lowest BCUT2D eigenvalue weighted by Gasteiger charge is -2.21. The van der Waals surface area contributed by atoms with Crippen molar-refractivity contribution in [3.63, 3.8) is 0 Å². The number of carbonyl (C=O) groups is 1. The average molecular weight is 382 g/mol. The fraction of sp³-hybridized carbons (Fsp3) is 0.300. The van der Waals surface area contributed by atoms with Crippen LogP contribution in [0.25, 0.3) is 5.69 Å². The van der Waals surface area contributed by atoms with Gasteiger partial charge in [-0.3, -0.25) is 4.79 Å². The minimum absolute atomic E-state index is 0.0403. The molecular weight excluding hydrogens is 358 g/mol. The van der Waals surface area contributed by atoms with E-state index in [1.807, 2.05) is 62.5 Å². The van der Waals surface area contributed by atoms with E-state index in [9.17, 15) is 4.79 Å². The van der Waals surface area contributed by atoms with Gasteiger partial charge in [-0.25, -0.2) is 0 Å². The van der Waals surface area contributed by atoms with Gasteiger partial charge >= 0.3 is 0 Å². The molecular formula is C20H23N5OS. The second-order valence-corrected chi connectivity index (χ2v) is 7.89. The Bertz CT molecular complexity index is 925. The molecule has 1 atom stereocenters. The van der Waals surface area contributed by atoms with Crippen molar-refractivity contribution in [3.8, 4) is 5.69 Å². The van der Waals surface area contributed by atoms with E-state index in [1.54, 1.807) is 9.58 Å². The van der Waals surface area contributed by atoms with Crippen LogP contribution in [0.4, 0.5) is 0 Å². The Hall–Kier alpha value is -2.67. The molecule has 3 rings (SSSR count). The normalized spacial score (nSPS) is 12.0. The summed E-state index contributed by atoms with van der Waals surface area (Å²) in [5, 5.41) is 12.3. The van der Waals surface area contributed by atoms with Gasteiger partial charge in [-0.05, 0) is 60.0 Å². The number of amides is 1. The summed E-state index contributed by atoms with van der Waals surface area (Å²) < 4.78 is 1.68. The van der Waals surface area contributed by atoms with Crippen molar-refractivity contribution >= 4 is 17.7 Å². The number of aromatic nitrogens is 4. The Morgan fingerprint density at radius 1 is 1.15 bits per heavy atom. The third kappa shape index (κ3) is 4.54. The molecule has 0 saturated carbocycles. The second kappa shape index (κ2) is 8.35. The molecule has 0 spiro atoms. The van der Waals surface area contributed by atoms with E-state index < -0.39 is 0 Å². The van der Waals surface area contributed by atoms with E-state index in [0.717, 1.165) is 11.3 Å². The van der Waals surface area contributed by atoms with Crippen LogP contribution in [0.15, 0.2) is 53.7 Å². The number of benzene rings is 2. The lowest BCUT2D eigenvalue weighted by Crippen LogP contribution is -2.32. The largest absolute Gasteiger partial charge is 0.340 e. The van der Waals surface area contributed by atoms with Crippen LogP contribution < -0.4 is 0 Å². The van der Waals surface area contributed by atoms with E-state index in [0.29, 0.717) is 11.7 Å². The second-order valence-electron chi connectivity index (χ2n) is 6.58. The van der Waals surface area contributed by atoms with Crippen molar-refractivity contribution in [3.05, 3.63) is 65.2 Å². The molecule has 1 heterocycles. The fourth-order valence-corrected chi connectivity index (χ4v) is 3.65. The lowest BCUT2D eigenvalue weighted by molar-refractivity contribution is -0.129. The first-order valence-electron chi connectivity index (χ1n) is 8.77. The first kappa shape index (κ1) is 19.1. The molecule has 6 nitrogen and oxygen atoms in total. The first-order chi connectivity index (χ1) is 13.0. The lowest BCUT2D eigenvalue weighted by atomic mass is 10.1. The van der Waals surface area contributed by atoms with Crippen molar-refractivity contribution < 1.29 is 4.79 Å². The maximum absolute atomic E-state index is 12.7. The van der Waals surface area contributed by atoms with Gasteiger partial charge in [-0.15, -0.1) is 5.10 Å². The van der Waals surface area contributed by atoms with Crippen LogP contribution in [0.3, 0.4) is 0 Å². The molecule has 0 unspecified atom stereocenters. The number of rotatable bonds is 6. The third-order valence-corrected chi connectivity index (χ3v) is 5.47. The summed E-state index contributed by atoms with van der Waals surface area (Å²) in [7, 11) is 1.82. The van der Waals surface area contributed by atoms with Crippen LogP contribution in [-0.4, -0.2) is 43.3 Å². The van der Waals surface area contributed by atoms with Crippen LogP contribution in [0, 0.1) is 13.8 Å². The Kier molecular flexibility index (Phi) is 5.91. The number of hydrogen-bond acceptors (Lipinski definition) is 5. The number of aryl methyl sites for hydroxylation is 2. The van der Waals surface area contributed by atoms with E-state index in [2.05, 4.69) is 29.4 Å². The number of tetrazole rings is 1. The van der Waals surface area contributed by atoms with E-state index in [-0.39, 0.29) is 11.2 Å². The summed E-state index contributed by atoms with van der Waals surface area (Å²) in [4.78, 5) is 14.5. The molecule has 0 radical (unpaired) electrons. The zero-order valence-electron chi connectivity index (χ0n) is 16.0. The molecule has 27 heavy (non-hydrogen) atoms. The van der Waals surface area contributed by atoms with E-state index in [1.165, 1.54) is 22.9 Å². The van der Waals surface area contributed by atoms with Crippen LogP contribution in [0.5, 0.6) is 0 Å². The summed E-state index contributed by atoms with van der Waals surface area (Å²) in [6.45, 7) is 6.58. The topological polar surface area (TPSA) is 63.9 Å². The number of thioether (sulfide) groups is 1. The van der Waals surface area contributed by atoms with Gasteiger partial charge in [0.2, 0.25) is 11.1 Å². The van der Waals surface area contributed by atoms with Gasteiger partial charge in [0.15, 0.2) is 0 Å². The summed E-state index contributed by atoms with van der Waals surface area (Å²) in [5.74, 6) is 0.0403. The first-order valence-corrected chi connectivity index (χ1v) is 9.65. The molecule has 7 heteroatoms. The van der Waals surface area contributed by atoms with Gasteiger partial charge in [0, 0.05) is 13.6 Å². The maximum atomic E-state index is 12.7. The van der Waals surface area contributed by atoms with E-state index in [4.69, 9.17) is 0 Å². The van der Waals surface area contributed by atoms with Crippen LogP contribution in [0.2, 0.25) is 0 Å². The molecule has 3 aromatic rings. The molecule has 0 aliphatic rings. The van der Waals surface area contributed by atoms with Gasteiger partial charge in [0.1, 0.15) is 0 Å². The maximum Gasteiger partial charge on any atom is 0.235 e. The van der Waals surface area contributed by atoms with Crippen molar-refractivity contribution in [2.24, 2.45) is 0 Å². The quantitative estimate of drug-likeness (QED) is 0.612.